The van der Waals surface area contributed by atoms with Crippen molar-refractivity contribution in [2.75, 3.05) is 6.61 Å². The number of esters is 1. The zero-order chi connectivity index (χ0) is 16.1. The first-order chi connectivity index (χ1) is 10.5. The Kier molecular flexibility index (Phi) is 5.16. The van der Waals surface area contributed by atoms with Gasteiger partial charge in [0.2, 0.25) is 0 Å². The number of carbonyl (C=O) groups is 2. The van der Waals surface area contributed by atoms with Gasteiger partial charge in [-0.05, 0) is 24.3 Å². The molecular weight excluding hydrogens is 316 g/mol. The van der Waals surface area contributed by atoms with Crippen LogP contribution in [0.1, 0.15) is 16.1 Å². The number of pyridine rings is 1. The third-order valence-corrected chi connectivity index (χ3v) is 2.91. The van der Waals surface area contributed by atoms with Crippen LogP contribution in [0.3, 0.4) is 0 Å². The van der Waals surface area contributed by atoms with Crippen molar-refractivity contribution in [1.29, 1.82) is 0 Å². The number of benzene rings is 1. The molecule has 1 heterocycles. The van der Waals surface area contributed by atoms with Gasteiger partial charge in [0.15, 0.2) is 12.4 Å². The standard InChI is InChI=1S/C15H10ClF2NO3/c16-9-1-3-11(19-7-9)6-12(20)8-22-15(21)13-4-2-10(17)5-14(13)18/h1-5,7H,6,8H2. The lowest BCUT2D eigenvalue weighted by Crippen LogP contribution is -2.17. The maximum absolute atomic E-state index is 13.4. The van der Waals surface area contributed by atoms with Crippen LogP contribution in [0.4, 0.5) is 8.78 Å². The molecule has 0 bridgehead atoms. The quantitative estimate of drug-likeness (QED) is 0.793. The van der Waals surface area contributed by atoms with E-state index in [1.165, 1.54) is 6.20 Å². The highest BCUT2D eigenvalue weighted by atomic mass is 35.5. The van der Waals surface area contributed by atoms with Gasteiger partial charge in [0.1, 0.15) is 11.6 Å². The van der Waals surface area contributed by atoms with Gasteiger partial charge in [0.25, 0.3) is 0 Å². The Hall–Kier alpha value is -2.34. The second kappa shape index (κ2) is 7.09. The molecule has 0 aliphatic carbocycles. The fourth-order valence-corrected chi connectivity index (χ4v) is 1.75. The average Bonchev–Trinajstić information content (AvgIpc) is 2.47. The fourth-order valence-electron chi connectivity index (χ4n) is 1.64. The molecule has 0 unspecified atom stereocenters. The SMILES string of the molecule is O=C(COC(=O)c1ccc(F)cc1F)Cc1ccc(Cl)cn1. The lowest BCUT2D eigenvalue weighted by Gasteiger charge is -2.05. The first kappa shape index (κ1) is 16.0. The number of ether oxygens (including phenoxy) is 1. The fraction of sp³-hybridized carbons (Fsp3) is 0.133. The zero-order valence-corrected chi connectivity index (χ0v) is 11.9. The van der Waals surface area contributed by atoms with Crippen LogP contribution in [-0.4, -0.2) is 23.3 Å². The van der Waals surface area contributed by atoms with Gasteiger partial charge in [-0.25, -0.2) is 13.6 Å². The summed E-state index contributed by atoms with van der Waals surface area (Å²) in [5.41, 5.74) is 0.0391. The van der Waals surface area contributed by atoms with E-state index in [1.807, 2.05) is 0 Å². The Bertz CT molecular complexity index is 704. The van der Waals surface area contributed by atoms with Crippen molar-refractivity contribution >= 4 is 23.4 Å². The van der Waals surface area contributed by atoms with Crippen molar-refractivity contribution in [3.05, 3.63) is 64.4 Å². The normalized spacial score (nSPS) is 10.3. The van der Waals surface area contributed by atoms with Gasteiger partial charge in [-0.15, -0.1) is 0 Å². The maximum atomic E-state index is 13.4. The number of halogens is 3. The Labute approximate surface area is 129 Å². The van der Waals surface area contributed by atoms with E-state index in [0.29, 0.717) is 16.8 Å². The molecule has 2 aromatic rings. The second-order valence-corrected chi connectivity index (χ2v) is 4.82. The van der Waals surface area contributed by atoms with Crippen LogP contribution in [0.2, 0.25) is 5.02 Å². The molecule has 0 N–H and O–H groups in total. The zero-order valence-electron chi connectivity index (χ0n) is 11.2. The summed E-state index contributed by atoms with van der Waals surface area (Å²) in [5.74, 6) is -3.30. The molecular formula is C15H10ClF2NO3. The molecule has 0 amide bonds. The molecule has 0 saturated carbocycles. The summed E-state index contributed by atoms with van der Waals surface area (Å²) in [6, 6.07) is 5.60. The molecule has 0 aliphatic rings. The number of aromatic nitrogens is 1. The predicted octanol–water partition coefficient (Wildman–Crippen LogP) is 2.98. The van der Waals surface area contributed by atoms with E-state index in [4.69, 9.17) is 16.3 Å². The Morgan fingerprint density at radius 1 is 1.18 bits per heavy atom. The minimum atomic E-state index is -1.04. The number of hydrogen-bond donors (Lipinski definition) is 0. The highest BCUT2D eigenvalue weighted by molar-refractivity contribution is 6.30. The van der Waals surface area contributed by atoms with Gasteiger partial charge in [-0.3, -0.25) is 9.78 Å². The van der Waals surface area contributed by atoms with Crippen LogP contribution in [0.5, 0.6) is 0 Å². The van der Waals surface area contributed by atoms with Crippen LogP contribution in [0.15, 0.2) is 36.5 Å². The minimum Gasteiger partial charge on any atom is -0.454 e. The molecule has 1 aromatic carbocycles. The molecule has 4 nitrogen and oxygen atoms in total. The monoisotopic (exact) mass is 325 g/mol. The smallest absolute Gasteiger partial charge is 0.341 e. The van der Waals surface area contributed by atoms with E-state index in [0.717, 1.165) is 12.1 Å². The van der Waals surface area contributed by atoms with Crippen LogP contribution in [0.25, 0.3) is 0 Å². The maximum Gasteiger partial charge on any atom is 0.341 e. The Morgan fingerprint density at radius 2 is 1.95 bits per heavy atom. The summed E-state index contributed by atoms with van der Waals surface area (Å²) in [7, 11) is 0. The third kappa shape index (κ3) is 4.33. The largest absolute Gasteiger partial charge is 0.454 e. The van der Waals surface area contributed by atoms with Crippen LogP contribution < -0.4 is 0 Å². The molecule has 0 fully saturated rings. The molecule has 0 saturated heterocycles. The highest BCUT2D eigenvalue weighted by Gasteiger charge is 2.15. The van der Waals surface area contributed by atoms with Crippen molar-refractivity contribution in [2.45, 2.75) is 6.42 Å². The highest BCUT2D eigenvalue weighted by Crippen LogP contribution is 2.11. The summed E-state index contributed by atoms with van der Waals surface area (Å²) in [5, 5.41) is 0.439. The molecule has 1 aromatic heterocycles. The molecule has 0 spiro atoms. The summed E-state index contributed by atoms with van der Waals surface area (Å²) in [4.78, 5) is 27.2. The number of nitrogens with zero attached hydrogens (tertiary/aromatic N) is 1. The number of hydrogen-bond acceptors (Lipinski definition) is 4. The van der Waals surface area contributed by atoms with Crippen molar-refractivity contribution in [3.63, 3.8) is 0 Å². The van der Waals surface area contributed by atoms with Gasteiger partial charge in [0.05, 0.1) is 17.0 Å². The van der Waals surface area contributed by atoms with E-state index in [9.17, 15) is 18.4 Å². The lowest BCUT2D eigenvalue weighted by molar-refractivity contribution is -0.121. The van der Waals surface area contributed by atoms with Crippen molar-refractivity contribution in [1.82, 2.24) is 4.98 Å². The molecule has 2 rings (SSSR count). The molecule has 22 heavy (non-hydrogen) atoms. The van der Waals surface area contributed by atoms with Crippen LogP contribution in [0, 0.1) is 11.6 Å². The topological polar surface area (TPSA) is 56.3 Å². The van der Waals surface area contributed by atoms with Crippen LogP contribution >= 0.6 is 11.6 Å². The van der Waals surface area contributed by atoms with Crippen molar-refractivity contribution < 1.29 is 23.1 Å². The van der Waals surface area contributed by atoms with Gasteiger partial charge >= 0.3 is 5.97 Å². The first-order valence-corrected chi connectivity index (χ1v) is 6.58. The number of ketones is 1. The Morgan fingerprint density at radius 3 is 2.59 bits per heavy atom. The van der Waals surface area contributed by atoms with E-state index < -0.39 is 35.6 Å². The molecule has 0 atom stereocenters. The number of carbonyl (C=O) groups excluding carboxylic acids is 2. The summed E-state index contributed by atoms with van der Waals surface area (Å²) >= 11 is 5.67. The predicted molar refractivity (Wildman–Crippen MR) is 74.6 cm³/mol. The van der Waals surface area contributed by atoms with Gasteiger partial charge in [-0.1, -0.05) is 11.6 Å². The minimum absolute atomic E-state index is 0.0453. The van der Waals surface area contributed by atoms with E-state index >= 15 is 0 Å². The van der Waals surface area contributed by atoms with Gasteiger partial charge < -0.3 is 4.74 Å². The summed E-state index contributed by atoms with van der Waals surface area (Å²) in [6.45, 7) is -0.528. The van der Waals surface area contributed by atoms with Crippen LogP contribution in [-0.2, 0) is 16.0 Å². The molecule has 0 radical (unpaired) electrons. The number of rotatable bonds is 5. The van der Waals surface area contributed by atoms with E-state index in [-0.39, 0.29) is 6.42 Å². The lowest BCUT2D eigenvalue weighted by atomic mass is 10.2. The third-order valence-electron chi connectivity index (χ3n) is 2.68. The average molecular weight is 326 g/mol. The molecule has 114 valence electrons. The van der Waals surface area contributed by atoms with Crippen molar-refractivity contribution in [2.24, 2.45) is 0 Å². The van der Waals surface area contributed by atoms with Crippen molar-refractivity contribution in [3.8, 4) is 0 Å². The number of Topliss-reactive ketones (excluding diaryl/α,β-unsaturated/α-hetero) is 1. The summed E-state index contributed by atoms with van der Waals surface area (Å²) in [6.07, 6.45) is 1.35. The summed E-state index contributed by atoms with van der Waals surface area (Å²) < 4.78 is 30.8. The van der Waals surface area contributed by atoms with Gasteiger partial charge in [-0.2, -0.15) is 0 Å². The second-order valence-electron chi connectivity index (χ2n) is 4.38. The van der Waals surface area contributed by atoms with E-state index in [2.05, 4.69) is 4.98 Å². The molecule has 0 aliphatic heterocycles. The Balaban J connectivity index is 1.90. The van der Waals surface area contributed by atoms with Gasteiger partial charge in [0, 0.05) is 18.0 Å². The molecule has 7 heteroatoms. The first-order valence-electron chi connectivity index (χ1n) is 6.20. The van der Waals surface area contributed by atoms with E-state index in [1.54, 1.807) is 12.1 Å².